The summed E-state index contributed by atoms with van der Waals surface area (Å²) in [6, 6.07) is 10.1. The van der Waals surface area contributed by atoms with Crippen molar-refractivity contribution < 1.29 is 4.42 Å². The molecule has 0 spiro atoms. The van der Waals surface area contributed by atoms with Crippen LogP contribution in [0.1, 0.15) is 38.0 Å². The Morgan fingerprint density at radius 3 is 2.61 bits per heavy atom. The number of nitrogens with one attached hydrogen (secondary N) is 1. The second kappa shape index (κ2) is 8.29. The molecule has 3 aromatic rings. The van der Waals surface area contributed by atoms with Crippen LogP contribution in [0.4, 0.5) is 0 Å². The molecule has 0 bridgehead atoms. The summed E-state index contributed by atoms with van der Waals surface area (Å²) in [6.45, 7) is 7.48. The molecule has 7 nitrogen and oxygen atoms in total. The molecule has 0 aliphatic heterocycles. The van der Waals surface area contributed by atoms with Crippen molar-refractivity contribution in [2.75, 3.05) is 14.1 Å². The van der Waals surface area contributed by atoms with Gasteiger partial charge in [-0.1, -0.05) is 39.0 Å². The highest BCUT2D eigenvalue weighted by Gasteiger charge is 2.19. The second-order valence-electron chi connectivity index (χ2n) is 7.75. The van der Waals surface area contributed by atoms with Crippen molar-refractivity contribution in [3.8, 4) is 5.69 Å². The molecule has 0 unspecified atom stereocenters. The van der Waals surface area contributed by atoms with Crippen LogP contribution in [-0.2, 0) is 18.5 Å². The molecular weight excluding hydrogens is 352 g/mol. The van der Waals surface area contributed by atoms with Gasteiger partial charge in [0.2, 0.25) is 5.89 Å². The van der Waals surface area contributed by atoms with E-state index in [9.17, 15) is 0 Å². The largest absolute Gasteiger partial charge is 0.443 e. The van der Waals surface area contributed by atoms with Crippen LogP contribution in [0.3, 0.4) is 0 Å². The number of rotatable bonds is 5. The van der Waals surface area contributed by atoms with Crippen LogP contribution in [0.15, 0.2) is 58.3 Å². The number of hydrogen-bond donors (Lipinski definition) is 1. The highest BCUT2D eigenvalue weighted by atomic mass is 16.4. The van der Waals surface area contributed by atoms with Gasteiger partial charge < -0.3 is 14.6 Å². The average Bonchev–Trinajstić information content (AvgIpc) is 3.32. The zero-order chi connectivity index (χ0) is 20.1. The normalized spacial score (nSPS) is 12.2. The summed E-state index contributed by atoms with van der Waals surface area (Å²) in [5, 5.41) is 7.75. The quantitative estimate of drug-likeness (QED) is 0.543. The molecule has 1 N–H and O–H groups in total. The van der Waals surface area contributed by atoms with Crippen molar-refractivity contribution in [3.63, 3.8) is 0 Å². The molecule has 0 radical (unpaired) electrons. The van der Waals surface area contributed by atoms with Crippen LogP contribution in [-0.4, -0.2) is 39.7 Å². The lowest BCUT2D eigenvalue weighted by atomic mass is 9.94. The maximum Gasteiger partial charge on any atom is 0.213 e. The van der Waals surface area contributed by atoms with Crippen molar-refractivity contribution in [2.45, 2.75) is 39.3 Å². The molecule has 2 heterocycles. The van der Waals surface area contributed by atoms with E-state index < -0.39 is 0 Å². The summed E-state index contributed by atoms with van der Waals surface area (Å²) >= 11 is 0. The van der Waals surface area contributed by atoms with Crippen LogP contribution in [0, 0.1) is 0 Å². The van der Waals surface area contributed by atoms with Crippen LogP contribution in [0.25, 0.3) is 5.69 Å². The molecule has 28 heavy (non-hydrogen) atoms. The van der Waals surface area contributed by atoms with E-state index in [0.717, 1.165) is 23.0 Å². The Morgan fingerprint density at radius 2 is 1.96 bits per heavy atom. The Kier molecular flexibility index (Phi) is 5.82. The molecule has 0 amide bonds. The highest BCUT2D eigenvalue weighted by Crippen LogP contribution is 2.22. The molecule has 0 saturated heterocycles. The molecule has 3 rings (SSSR count). The lowest BCUT2D eigenvalue weighted by molar-refractivity contribution is 0.376. The standard InChI is InChI=1S/C21H28N6O/c1-21(2,3)18-12-23-19(28-18)13-24-20(22-4)26(5)14-16-11-25-27(15-16)17-9-7-6-8-10-17/h6-12,15H,13-14H2,1-5H3,(H,22,24). The Labute approximate surface area is 166 Å². The van der Waals surface area contributed by atoms with Gasteiger partial charge in [0.1, 0.15) is 5.76 Å². The van der Waals surface area contributed by atoms with Crippen molar-refractivity contribution in [1.82, 2.24) is 25.0 Å². The predicted molar refractivity (Wildman–Crippen MR) is 110 cm³/mol. The van der Waals surface area contributed by atoms with E-state index in [1.807, 2.05) is 59.4 Å². The summed E-state index contributed by atoms with van der Waals surface area (Å²) in [4.78, 5) is 10.7. The monoisotopic (exact) mass is 380 g/mol. The van der Waals surface area contributed by atoms with E-state index in [2.05, 4.69) is 41.2 Å². The molecule has 2 aromatic heterocycles. The maximum atomic E-state index is 5.83. The number of nitrogens with zero attached hydrogens (tertiary/aromatic N) is 5. The van der Waals surface area contributed by atoms with Gasteiger partial charge in [0, 0.05) is 37.8 Å². The van der Waals surface area contributed by atoms with Crippen LogP contribution < -0.4 is 5.32 Å². The van der Waals surface area contributed by atoms with Crippen molar-refractivity contribution in [3.05, 3.63) is 66.1 Å². The molecule has 0 atom stereocenters. The van der Waals surface area contributed by atoms with E-state index in [1.165, 1.54) is 0 Å². The van der Waals surface area contributed by atoms with Gasteiger partial charge in [0.25, 0.3) is 0 Å². The van der Waals surface area contributed by atoms with E-state index in [-0.39, 0.29) is 5.41 Å². The van der Waals surface area contributed by atoms with Gasteiger partial charge in [-0.2, -0.15) is 5.10 Å². The van der Waals surface area contributed by atoms with Gasteiger partial charge >= 0.3 is 0 Å². The molecule has 0 aliphatic carbocycles. The van der Waals surface area contributed by atoms with Gasteiger partial charge in [0.05, 0.1) is 24.6 Å². The molecule has 0 fully saturated rings. The van der Waals surface area contributed by atoms with Crippen LogP contribution in [0.5, 0.6) is 0 Å². The molecule has 7 heteroatoms. The van der Waals surface area contributed by atoms with Crippen LogP contribution >= 0.6 is 0 Å². The van der Waals surface area contributed by atoms with Crippen molar-refractivity contribution >= 4 is 5.96 Å². The first kappa shape index (κ1) is 19.7. The summed E-state index contributed by atoms with van der Waals surface area (Å²) in [7, 11) is 3.76. The Bertz CT molecular complexity index is 920. The van der Waals surface area contributed by atoms with Gasteiger partial charge in [-0.25, -0.2) is 9.67 Å². The summed E-state index contributed by atoms with van der Waals surface area (Å²) < 4.78 is 7.71. The van der Waals surface area contributed by atoms with Crippen molar-refractivity contribution in [1.29, 1.82) is 0 Å². The smallest absolute Gasteiger partial charge is 0.213 e. The molecular formula is C21H28N6O. The Hall–Kier alpha value is -3.09. The number of benzene rings is 1. The van der Waals surface area contributed by atoms with E-state index in [0.29, 0.717) is 19.0 Å². The minimum atomic E-state index is -0.0529. The van der Waals surface area contributed by atoms with Gasteiger partial charge in [0.15, 0.2) is 5.96 Å². The molecule has 1 aromatic carbocycles. The van der Waals surface area contributed by atoms with Crippen molar-refractivity contribution in [2.24, 2.45) is 4.99 Å². The molecule has 0 aliphatic rings. The number of guanidine groups is 1. The van der Waals surface area contributed by atoms with E-state index in [1.54, 1.807) is 13.2 Å². The number of aliphatic imine (C=N–C) groups is 1. The third-order valence-electron chi connectivity index (χ3n) is 4.34. The van der Waals surface area contributed by atoms with Gasteiger partial charge in [-0.3, -0.25) is 4.99 Å². The van der Waals surface area contributed by atoms with E-state index >= 15 is 0 Å². The Balaban J connectivity index is 1.59. The maximum absolute atomic E-state index is 5.83. The minimum absolute atomic E-state index is 0.0529. The second-order valence-corrected chi connectivity index (χ2v) is 7.75. The topological polar surface area (TPSA) is 71.5 Å². The fraction of sp³-hybridized carbons (Fsp3) is 0.381. The van der Waals surface area contributed by atoms with E-state index in [4.69, 9.17) is 4.42 Å². The van der Waals surface area contributed by atoms with Crippen LogP contribution in [0.2, 0.25) is 0 Å². The van der Waals surface area contributed by atoms with Gasteiger partial charge in [-0.05, 0) is 12.1 Å². The third-order valence-corrected chi connectivity index (χ3v) is 4.34. The lowest BCUT2D eigenvalue weighted by Crippen LogP contribution is -2.38. The SMILES string of the molecule is CN=C(NCc1ncc(C(C)(C)C)o1)N(C)Cc1cnn(-c2ccccc2)c1. The Morgan fingerprint density at radius 1 is 1.21 bits per heavy atom. The first-order chi connectivity index (χ1) is 13.4. The fourth-order valence-electron chi connectivity index (χ4n) is 2.79. The number of hydrogen-bond acceptors (Lipinski definition) is 4. The summed E-state index contributed by atoms with van der Waals surface area (Å²) in [6.07, 6.45) is 5.70. The first-order valence-electron chi connectivity index (χ1n) is 9.33. The zero-order valence-corrected chi connectivity index (χ0v) is 17.2. The molecule has 148 valence electrons. The first-order valence-corrected chi connectivity index (χ1v) is 9.33. The predicted octanol–water partition coefficient (Wildman–Crippen LogP) is 3.37. The lowest BCUT2D eigenvalue weighted by Gasteiger charge is -2.21. The third kappa shape index (κ3) is 4.79. The number of oxazole rings is 1. The molecule has 0 saturated carbocycles. The summed E-state index contributed by atoms with van der Waals surface area (Å²) in [5.41, 5.74) is 2.08. The average molecular weight is 380 g/mol. The van der Waals surface area contributed by atoms with Gasteiger partial charge in [-0.15, -0.1) is 0 Å². The summed E-state index contributed by atoms with van der Waals surface area (Å²) in [5.74, 6) is 2.29. The number of aromatic nitrogens is 3. The minimum Gasteiger partial charge on any atom is -0.443 e. The number of para-hydroxylation sites is 1. The zero-order valence-electron chi connectivity index (χ0n) is 17.2. The fourth-order valence-corrected chi connectivity index (χ4v) is 2.79. The highest BCUT2D eigenvalue weighted by molar-refractivity contribution is 5.79.